The van der Waals surface area contributed by atoms with Gasteiger partial charge in [0.15, 0.2) is 0 Å². The second kappa shape index (κ2) is 19.5. The summed E-state index contributed by atoms with van der Waals surface area (Å²) in [5.74, 6) is 3.37. The topological polar surface area (TPSA) is 6.48 Å². The van der Waals surface area contributed by atoms with Crippen molar-refractivity contribution < 1.29 is 0 Å². The predicted octanol–water partition coefficient (Wildman–Crippen LogP) is 5.09. The van der Waals surface area contributed by atoms with E-state index in [-0.39, 0.29) is 0 Å². The van der Waals surface area contributed by atoms with Gasteiger partial charge in [0.1, 0.15) is 0 Å². The number of hydrogen-bond donors (Lipinski definition) is 4. The lowest BCUT2D eigenvalue weighted by molar-refractivity contribution is 0.465. The summed E-state index contributed by atoms with van der Waals surface area (Å²) in [5, 5.41) is 0. The average molecular weight is 473 g/mol. The van der Waals surface area contributed by atoms with Crippen LogP contribution in [0.5, 0.6) is 0 Å². The van der Waals surface area contributed by atoms with Crippen LogP contribution in [0.4, 0.5) is 0 Å². The van der Waals surface area contributed by atoms with Crippen molar-refractivity contribution in [1.82, 2.24) is 9.80 Å². The molecule has 0 fully saturated rings. The number of nitrogens with zero attached hydrogens (tertiary/aromatic N) is 2. The molecule has 8 heteroatoms. The second-order valence-corrected chi connectivity index (χ2v) is 9.01. The molecule has 0 rings (SSSR count). The molecule has 0 aliphatic carbocycles. The van der Waals surface area contributed by atoms with Crippen molar-refractivity contribution in [1.29, 1.82) is 0 Å². The maximum Gasteiger partial charge on any atom is 0.0779 e. The molecule has 0 atom stereocenters. The zero-order valence-corrected chi connectivity index (χ0v) is 21.0. The molecule has 0 aliphatic heterocycles. The van der Waals surface area contributed by atoms with Crippen molar-refractivity contribution in [2.24, 2.45) is 0 Å². The minimum Gasteiger partial charge on any atom is -0.365 e. The van der Waals surface area contributed by atoms with Crippen LogP contribution in [0.15, 0.2) is 0 Å². The normalized spacial score (nSPS) is 10.8. The molecule has 0 aromatic heterocycles. The summed E-state index contributed by atoms with van der Waals surface area (Å²) in [6.07, 6.45) is 9.48. The minimum absolute atomic E-state index is 0.842. The molecule has 0 aromatic carbocycles. The van der Waals surface area contributed by atoms with E-state index in [1.54, 1.807) is 0 Å². The molecule has 0 aliphatic rings. The standard InChI is InChI=1S/C18H36N2S6/c21-13-9-19(10-14-22)17(25)7-5-3-1-2-4-6-8-18(26)20(11-15-23)12-16-24/h21-24H,1-16H2. The quantitative estimate of drug-likeness (QED) is 0.133. The number of hydrogen-bond acceptors (Lipinski definition) is 6. The maximum absolute atomic E-state index is 5.55. The molecule has 0 saturated heterocycles. The van der Waals surface area contributed by atoms with Crippen molar-refractivity contribution in [3.05, 3.63) is 0 Å². The smallest absolute Gasteiger partial charge is 0.0779 e. The van der Waals surface area contributed by atoms with E-state index in [0.717, 1.165) is 72.0 Å². The van der Waals surface area contributed by atoms with Crippen LogP contribution in [0.2, 0.25) is 0 Å². The highest BCUT2D eigenvalue weighted by Crippen LogP contribution is 2.12. The Morgan fingerprint density at radius 3 is 1.04 bits per heavy atom. The zero-order chi connectivity index (χ0) is 19.6. The summed E-state index contributed by atoms with van der Waals surface area (Å²) in [5.41, 5.74) is 0. The molecule has 154 valence electrons. The Bertz CT molecular complexity index is 322. The lowest BCUT2D eigenvalue weighted by Crippen LogP contribution is -2.33. The highest BCUT2D eigenvalue weighted by Gasteiger charge is 2.08. The first-order valence-electron chi connectivity index (χ1n) is 9.59. The molecule has 0 unspecified atom stereocenters. The van der Waals surface area contributed by atoms with Crippen molar-refractivity contribution >= 4 is 84.9 Å². The van der Waals surface area contributed by atoms with E-state index in [9.17, 15) is 0 Å². The van der Waals surface area contributed by atoms with Gasteiger partial charge in [-0.1, -0.05) is 50.1 Å². The number of thiol groups is 4. The lowest BCUT2D eigenvalue weighted by Gasteiger charge is -2.24. The largest absolute Gasteiger partial charge is 0.365 e. The van der Waals surface area contributed by atoms with Gasteiger partial charge in [0.25, 0.3) is 0 Å². The monoisotopic (exact) mass is 472 g/mol. The summed E-state index contributed by atoms with van der Waals surface area (Å²) >= 11 is 28.3. The molecule has 0 bridgehead atoms. The van der Waals surface area contributed by atoms with Gasteiger partial charge in [0.05, 0.1) is 9.98 Å². The van der Waals surface area contributed by atoms with Gasteiger partial charge in [0.2, 0.25) is 0 Å². The van der Waals surface area contributed by atoms with Crippen LogP contribution in [0, 0.1) is 0 Å². The van der Waals surface area contributed by atoms with Crippen molar-refractivity contribution in [2.75, 3.05) is 49.2 Å². The average Bonchev–Trinajstić information content (AvgIpc) is 2.63. The summed E-state index contributed by atoms with van der Waals surface area (Å²) in [4.78, 5) is 6.65. The Kier molecular flexibility index (Phi) is 20.4. The van der Waals surface area contributed by atoms with Gasteiger partial charge in [-0.2, -0.15) is 50.5 Å². The Morgan fingerprint density at radius 1 is 0.500 bits per heavy atom. The second-order valence-electron chi connectivity index (χ2n) is 6.28. The molecular formula is C18H36N2S6. The van der Waals surface area contributed by atoms with E-state index < -0.39 is 0 Å². The van der Waals surface area contributed by atoms with E-state index in [2.05, 4.69) is 60.3 Å². The molecule has 26 heavy (non-hydrogen) atoms. The highest BCUT2D eigenvalue weighted by molar-refractivity contribution is 7.81. The van der Waals surface area contributed by atoms with Crippen LogP contribution in [-0.4, -0.2) is 69.0 Å². The molecule has 0 aromatic rings. The van der Waals surface area contributed by atoms with Crippen LogP contribution in [0.3, 0.4) is 0 Å². The van der Waals surface area contributed by atoms with Crippen LogP contribution in [0.25, 0.3) is 0 Å². The number of thiocarbonyl (C=S) groups is 2. The summed E-state index contributed by atoms with van der Waals surface area (Å²) in [6.45, 7) is 3.72. The van der Waals surface area contributed by atoms with Crippen LogP contribution in [-0.2, 0) is 0 Å². The number of rotatable bonds is 17. The van der Waals surface area contributed by atoms with Crippen molar-refractivity contribution in [3.8, 4) is 0 Å². The van der Waals surface area contributed by atoms with Crippen molar-refractivity contribution in [2.45, 2.75) is 51.4 Å². The molecule has 0 amide bonds. The van der Waals surface area contributed by atoms with Crippen LogP contribution in [0.1, 0.15) is 51.4 Å². The first-order valence-corrected chi connectivity index (χ1v) is 12.9. The number of unbranched alkanes of at least 4 members (excludes halogenated alkanes) is 5. The summed E-state index contributed by atoms with van der Waals surface area (Å²) in [7, 11) is 0. The summed E-state index contributed by atoms with van der Waals surface area (Å²) < 4.78 is 0. The van der Waals surface area contributed by atoms with E-state index >= 15 is 0 Å². The van der Waals surface area contributed by atoms with Crippen LogP contribution >= 0.6 is 75.0 Å². The first kappa shape index (κ1) is 27.2. The van der Waals surface area contributed by atoms with Gasteiger partial charge in [0, 0.05) is 49.2 Å². The van der Waals surface area contributed by atoms with E-state index in [1.807, 2.05) is 0 Å². The minimum atomic E-state index is 0.842. The van der Waals surface area contributed by atoms with Gasteiger partial charge in [-0.25, -0.2) is 0 Å². The summed E-state index contributed by atoms with van der Waals surface area (Å²) in [6, 6.07) is 0. The fourth-order valence-electron chi connectivity index (χ4n) is 2.78. The first-order chi connectivity index (χ1) is 12.6. The molecule has 0 heterocycles. The molecule has 0 saturated carbocycles. The maximum atomic E-state index is 5.55. The third kappa shape index (κ3) is 14.2. The van der Waals surface area contributed by atoms with Gasteiger partial charge < -0.3 is 9.80 Å². The Morgan fingerprint density at radius 2 is 0.769 bits per heavy atom. The Balaban J connectivity index is 3.71. The SMILES string of the molecule is S=C(CCCCCCCCC(=S)N(CCS)CCS)N(CCS)CCS. The third-order valence-electron chi connectivity index (χ3n) is 4.22. The Labute approximate surface area is 194 Å². The molecule has 0 N–H and O–H groups in total. The molecular weight excluding hydrogens is 437 g/mol. The van der Waals surface area contributed by atoms with E-state index in [4.69, 9.17) is 24.4 Å². The van der Waals surface area contributed by atoms with Gasteiger partial charge in [-0.15, -0.1) is 0 Å². The molecule has 2 nitrogen and oxygen atoms in total. The highest BCUT2D eigenvalue weighted by atomic mass is 32.1. The van der Waals surface area contributed by atoms with E-state index in [0.29, 0.717) is 0 Å². The van der Waals surface area contributed by atoms with Crippen LogP contribution < -0.4 is 0 Å². The third-order valence-corrected chi connectivity index (χ3v) is 5.94. The van der Waals surface area contributed by atoms with E-state index in [1.165, 1.54) is 38.5 Å². The molecule has 0 radical (unpaired) electrons. The zero-order valence-electron chi connectivity index (χ0n) is 15.8. The Hall–Kier alpha value is 1.18. The predicted molar refractivity (Wildman–Crippen MR) is 141 cm³/mol. The fourth-order valence-corrected chi connectivity index (χ4v) is 4.40. The van der Waals surface area contributed by atoms with Crippen molar-refractivity contribution in [3.63, 3.8) is 0 Å². The van der Waals surface area contributed by atoms with Gasteiger partial charge >= 0.3 is 0 Å². The molecule has 0 spiro atoms. The van der Waals surface area contributed by atoms with Gasteiger partial charge in [-0.05, 0) is 25.7 Å². The van der Waals surface area contributed by atoms with Gasteiger partial charge in [-0.3, -0.25) is 0 Å². The fraction of sp³-hybridized carbons (Fsp3) is 0.889. The lowest BCUT2D eigenvalue weighted by atomic mass is 10.1.